The molecule has 0 fully saturated rings. The van der Waals surface area contributed by atoms with Gasteiger partial charge >= 0.3 is 0 Å². The molecule has 2 N–H and O–H groups in total. The standard InChI is InChI=1S/C26H27FN2O3/c1-3-31-20-13-11-17(12-14-20)22-16-23(21-9-6-10-24(25(21)30)32-4-2)29-26(28-22)18-7-5-8-19(27)15-18/h5-15,23,26,29-30H,3-4,16H2,1-2H3/t23-,26-/m0/s1. The van der Waals surface area contributed by atoms with Crippen LogP contribution in [-0.2, 0) is 0 Å². The fraction of sp³-hybridized carbons (Fsp3) is 0.269. The average Bonchev–Trinajstić information content (AvgIpc) is 2.81. The highest BCUT2D eigenvalue weighted by atomic mass is 19.1. The number of phenols is 1. The van der Waals surface area contributed by atoms with Gasteiger partial charge in [0.15, 0.2) is 11.5 Å². The molecule has 166 valence electrons. The number of nitrogens with one attached hydrogen (secondary N) is 1. The lowest BCUT2D eigenvalue weighted by Crippen LogP contribution is -2.33. The molecule has 0 radical (unpaired) electrons. The SMILES string of the molecule is CCOc1ccc(C2=N[C@H](c3cccc(F)c3)N[C@H](c3cccc(OCC)c3O)C2)cc1. The molecule has 6 heteroatoms. The highest BCUT2D eigenvalue weighted by Gasteiger charge is 2.28. The number of hydrogen-bond acceptors (Lipinski definition) is 5. The zero-order valence-corrected chi connectivity index (χ0v) is 18.2. The Hall–Kier alpha value is -3.38. The summed E-state index contributed by atoms with van der Waals surface area (Å²) in [4.78, 5) is 4.89. The van der Waals surface area contributed by atoms with E-state index in [0.717, 1.165) is 28.2 Å². The lowest BCUT2D eigenvalue weighted by Gasteiger charge is -2.31. The Morgan fingerprint density at radius 3 is 2.47 bits per heavy atom. The fourth-order valence-corrected chi connectivity index (χ4v) is 3.93. The number of aromatic hydroxyl groups is 1. The minimum atomic E-state index is -0.457. The first-order valence-corrected chi connectivity index (χ1v) is 10.8. The summed E-state index contributed by atoms with van der Waals surface area (Å²) < 4.78 is 25.1. The van der Waals surface area contributed by atoms with Gasteiger partial charge in [0, 0.05) is 23.7 Å². The van der Waals surface area contributed by atoms with Gasteiger partial charge in [-0.2, -0.15) is 0 Å². The normalized spacial score (nSPS) is 18.2. The van der Waals surface area contributed by atoms with E-state index >= 15 is 0 Å². The second-order valence-electron chi connectivity index (χ2n) is 7.54. The number of hydrogen-bond donors (Lipinski definition) is 2. The maximum Gasteiger partial charge on any atom is 0.162 e. The maximum absolute atomic E-state index is 13.9. The second kappa shape index (κ2) is 9.83. The third-order valence-electron chi connectivity index (χ3n) is 5.41. The number of phenolic OH excluding ortho intramolecular Hbond substituents is 1. The Kier molecular flexibility index (Phi) is 6.71. The van der Waals surface area contributed by atoms with Crippen molar-refractivity contribution in [3.05, 3.63) is 89.2 Å². The van der Waals surface area contributed by atoms with Crippen molar-refractivity contribution in [2.75, 3.05) is 13.2 Å². The highest BCUT2D eigenvalue weighted by Crippen LogP contribution is 2.39. The van der Waals surface area contributed by atoms with E-state index in [1.807, 2.05) is 56.3 Å². The van der Waals surface area contributed by atoms with Crippen molar-refractivity contribution in [1.29, 1.82) is 0 Å². The molecule has 3 aromatic carbocycles. The van der Waals surface area contributed by atoms with Gasteiger partial charge in [0.2, 0.25) is 0 Å². The van der Waals surface area contributed by atoms with Crippen molar-refractivity contribution >= 4 is 5.71 Å². The van der Waals surface area contributed by atoms with Crippen LogP contribution in [0.3, 0.4) is 0 Å². The Balaban J connectivity index is 1.72. The summed E-state index contributed by atoms with van der Waals surface area (Å²) in [6.07, 6.45) is 0.101. The predicted molar refractivity (Wildman–Crippen MR) is 123 cm³/mol. The Morgan fingerprint density at radius 1 is 1.00 bits per heavy atom. The molecule has 32 heavy (non-hydrogen) atoms. The predicted octanol–water partition coefficient (Wildman–Crippen LogP) is 5.55. The van der Waals surface area contributed by atoms with Gasteiger partial charge in [-0.15, -0.1) is 0 Å². The molecular formula is C26H27FN2O3. The Bertz CT molecular complexity index is 1100. The van der Waals surface area contributed by atoms with Crippen LogP contribution in [0.5, 0.6) is 17.2 Å². The largest absolute Gasteiger partial charge is 0.504 e. The van der Waals surface area contributed by atoms with Crippen LogP contribution in [0.2, 0.25) is 0 Å². The molecule has 1 heterocycles. The van der Waals surface area contributed by atoms with E-state index in [2.05, 4.69) is 5.32 Å². The minimum Gasteiger partial charge on any atom is -0.504 e. The molecule has 1 aliphatic rings. The third-order valence-corrected chi connectivity index (χ3v) is 5.41. The number of nitrogens with zero attached hydrogens (tertiary/aromatic N) is 1. The van der Waals surface area contributed by atoms with Crippen molar-refractivity contribution in [3.8, 4) is 17.2 Å². The van der Waals surface area contributed by atoms with Crippen LogP contribution < -0.4 is 14.8 Å². The van der Waals surface area contributed by atoms with E-state index in [4.69, 9.17) is 14.5 Å². The van der Waals surface area contributed by atoms with Gasteiger partial charge in [0.1, 0.15) is 17.7 Å². The molecule has 5 nitrogen and oxygen atoms in total. The average molecular weight is 435 g/mol. The van der Waals surface area contributed by atoms with Crippen LogP contribution in [0.25, 0.3) is 0 Å². The molecule has 4 rings (SSSR count). The third kappa shape index (κ3) is 4.75. The van der Waals surface area contributed by atoms with Gasteiger partial charge < -0.3 is 14.6 Å². The van der Waals surface area contributed by atoms with Crippen molar-refractivity contribution in [2.45, 2.75) is 32.5 Å². The molecule has 0 saturated heterocycles. The summed E-state index contributed by atoms with van der Waals surface area (Å²) in [7, 11) is 0. The quantitative estimate of drug-likeness (QED) is 0.512. The van der Waals surface area contributed by atoms with Crippen molar-refractivity contribution in [3.63, 3.8) is 0 Å². The van der Waals surface area contributed by atoms with E-state index in [1.54, 1.807) is 12.1 Å². The van der Waals surface area contributed by atoms with Crippen molar-refractivity contribution < 1.29 is 19.0 Å². The fourth-order valence-electron chi connectivity index (χ4n) is 3.93. The number of benzene rings is 3. The number of aliphatic imine (C=N–C) groups is 1. The maximum atomic E-state index is 13.9. The van der Waals surface area contributed by atoms with Crippen LogP contribution in [0, 0.1) is 5.82 Å². The van der Waals surface area contributed by atoms with Gasteiger partial charge in [-0.05, 0) is 67.4 Å². The van der Waals surface area contributed by atoms with E-state index in [0.29, 0.717) is 25.4 Å². The Morgan fingerprint density at radius 2 is 1.75 bits per heavy atom. The van der Waals surface area contributed by atoms with Gasteiger partial charge in [-0.3, -0.25) is 10.3 Å². The van der Waals surface area contributed by atoms with Gasteiger partial charge in [-0.1, -0.05) is 24.3 Å². The van der Waals surface area contributed by atoms with Crippen LogP contribution in [0.15, 0.2) is 71.7 Å². The first kappa shape index (κ1) is 21.8. The first-order valence-electron chi connectivity index (χ1n) is 10.8. The first-order chi connectivity index (χ1) is 15.6. The van der Waals surface area contributed by atoms with E-state index in [9.17, 15) is 9.50 Å². The molecule has 1 aliphatic heterocycles. The van der Waals surface area contributed by atoms with Crippen molar-refractivity contribution in [1.82, 2.24) is 5.32 Å². The summed E-state index contributed by atoms with van der Waals surface area (Å²) >= 11 is 0. The molecule has 0 saturated carbocycles. The molecule has 3 aromatic rings. The zero-order valence-electron chi connectivity index (χ0n) is 18.2. The van der Waals surface area contributed by atoms with Crippen LogP contribution >= 0.6 is 0 Å². The highest BCUT2D eigenvalue weighted by molar-refractivity contribution is 6.01. The lowest BCUT2D eigenvalue weighted by atomic mass is 9.93. The van der Waals surface area contributed by atoms with Crippen LogP contribution in [0.4, 0.5) is 4.39 Å². The van der Waals surface area contributed by atoms with E-state index < -0.39 is 6.17 Å². The number of para-hydroxylation sites is 1. The van der Waals surface area contributed by atoms with Gasteiger partial charge in [0.05, 0.1) is 13.2 Å². The molecule has 2 atom stereocenters. The van der Waals surface area contributed by atoms with E-state index in [-0.39, 0.29) is 17.6 Å². The van der Waals surface area contributed by atoms with Gasteiger partial charge in [-0.25, -0.2) is 4.39 Å². The summed E-state index contributed by atoms with van der Waals surface area (Å²) in [5, 5.41) is 14.3. The summed E-state index contributed by atoms with van der Waals surface area (Å²) in [5.74, 6) is 1.04. The van der Waals surface area contributed by atoms with Crippen LogP contribution in [0.1, 0.15) is 49.2 Å². The van der Waals surface area contributed by atoms with E-state index in [1.165, 1.54) is 12.1 Å². The lowest BCUT2D eigenvalue weighted by molar-refractivity contribution is 0.313. The topological polar surface area (TPSA) is 63.1 Å². The monoisotopic (exact) mass is 434 g/mol. The molecule has 0 aliphatic carbocycles. The van der Waals surface area contributed by atoms with Crippen LogP contribution in [-0.4, -0.2) is 24.0 Å². The number of halogens is 1. The Labute approximate surface area is 187 Å². The summed E-state index contributed by atoms with van der Waals surface area (Å²) in [6.45, 7) is 4.88. The van der Waals surface area contributed by atoms with Gasteiger partial charge in [0.25, 0.3) is 0 Å². The molecule has 0 amide bonds. The molecule has 0 spiro atoms. The summed E-state index contributed by atoms with van der Waals surface area (Å²) in [6, 6.07) is 19.5. The molecule has 0 unspecified atom stereocenters. The molecular weight excluding hydrogens is 407 g/mol. The number of ether oxygens (including phenoxy) is 2. The molecule has 0 bridgehead atoms. The number of rotatable bonds is 7. The smallest absolute Gasteiger partial charge is 0.162 e. The summed E-state index contributed by atoms with van der Waals surface area (Å²) in [5.41, 5.74) is 3.27. The minimum absolute atomic E-state index is 0.109. The second-order valence-corrected chi connectivity index (χ2v) is 7.54. The molecule has 0 aromatic heterocycles. The van der Waals surface area contributed by atoms with Crippen molar-refractivity contribution in [2.24, 2.45) is 4.99 Å². The zero-order chi connectivity index (χ0) is 22.5.